The first-order valence-corrected chi connectivity index (χ1v) is 8.07. The molecule has 0 bridgehead atoms. The molecule has 25 heavy (non-hydrogen) atoms. The van der Waals surface area contributed by atoms with Crippen LogP contribution in [-0.4, -0.2) is 18.0 Å². The first-order valence-electron chi connectivity index (χ1n) is 8.07. The Morgan fingerprint density at radius 2 is 1.88 bits per heavy atom. The Morgan fingerprint density at radius 3 is 2.60 bits per heavy atom. The van der Waals surface area contributed by atoms with Crippen molar-refractivity contribution in [3.63, 3.8) is 0 Å². The van der Waals surface area contributed by atoms with Gasteiger partial charge in [0.1, 0.15) is 11.3 Å². The van der Waals surface area contributed by atoms with E-state index in [-0.39, 0.29) is 5.91 Å². The third-order valence-electron chi connectivity index (χ3n) is 3.98. The number of aryl methyl sites for hydroxylation is 2. The number of aromatic nitrogens is 1. The van der Waals surface area contributed by atoms with E-state index in [0.717, 1.165) is 45.0 Å². The van der Waals surface area contributed by atoms with Crippen LogP contribution in [0.2, 0.25) is 0 Å². The van der Waals surface area contributed by atoms with Crippen LogP contribution < -0.4 is 15.4 Å². The molecular formula is C20H21N3O2. The van der Waals surface area contributed by atoms with Gasteiger partial charge in [0, 0.05) is 35.1 Å². The number of benzene rings is 2. The van der Waals surface area contributed by atoms with Crippen LogP contribution in [0.25, 0.3) is 10.9 Å². The van der Waals surface area contributed by atoms with Crippen molar-refractivity contribution in [3.8, 4) is 5.75 Å². The molecular weight excluding hydrogens is 314 g/mol. The molecule has 1 heterocycles. The topological polar surface area (TPSA) is 63.2 Å². The van der Waals surface area contributed by atoms with Gasteiger partial charge < -0.3 is 15.4 Å². The Bertz CT molecular complexity index is 951. The number of ether oxygens (including phenoxy) is 1. The summed E-state index contributed by atoms with van der Waals surface area (Å²) in [5.74, 6) is 0.651. The lowest BCUT2D eigenvalue weighted by Crippen LogP contribution is -2.06. The Balaban J connectivity index is 2.08. The summed E-state index contributed by atoms with van der Waals surface area (Å²) >= 11 is 0. The molecule has 5 nitrogen and oxygen atoms in total. The van der Waals surface area contributed by atoms with E-state index in [2.05, 4.69) is 15.6 Å². The van der Waals surface area contributed by atoms with E-state index in [9.17, 15) is 4.79 Å². The van der Waals surface area contributed by atoms with Crippen molar-refractivity contribution in [2.45, 2.75) is 20.8 Å². The van der Waals surface area contributed by atoms with Gasteiger partial charge in [0.2, 0.25) is 5.91 Å². The number of pyridine rings is 1. The van der Waals surface area contributed by atoms with Gasteiger partial charge in [0.25, 0.3) is 0 Å². The van der Waals surface area contributed by atoms with Gasteiger partial charge in [0.05, 0.1) is 7.11 Å². The maximum atomic E-state index is 11.3. The van der Waals surface area contributed by atoms with Gasteiger partial charge >= 0.3 is 0 Å². The van der Waals surface area contributed by atoms with E-state index < -0.39 is 0 Å². The van der Waals surface area contributed by atoms with E-state index in [4.69, 9.17) is 4.74 Å². The third kappa shape index (κ3) is 3.55. The summed E-state index contributed by atoms with van der Waals surface area (Å²) in [6.45, 7) is 5.48. The summed E-state index contributed by atoms with van der Waals surface area (Å²) in [5.41, 5.74) is 5.44. The fourth-order valence-corrected chi connectivity index (χ4v) is 2.80. The fraction of sp³-hybridized carbons (Fsp3) is 0.200. The molecule has 0 radical (unpaired) electrons. The molecule has 0 spiro atoms. The largest absolute Gasteiger partial charge is 0.494 e. The highest BCUT2D eigenvalue weighted by Crippen LogP contribution is 2.33. The van der Waals surface area contributed by atoms with Crippen LogP contribution in [0.1, 0.15) is 18.2 Å². The molecule has 0 unspecified atom stereocenters. The van der Waals surface area contributed by atoms with Gasteiger partial charge in [-0.15, -0.1) is 0 Å². The summed E-state index contributed by atoms with van der Waals surface area (Å²) in [6, 6.07) is 13.7. The van der Waals surface area contributed by atoms with Gasteiger partial charge in [-0.05, 0) is 43.7 Å². The van der Waals surface area contributed by atoms with Crippen LogP contribution >= 0.6 is 0 Å². The number of hydrogen-bond donors (Lipinski definition) is 2. The number of amides is 1. The molecule has 0 saturated carbocycles. The second-order valence-corrected chi connectivity index (χ2v) is 6.00. The van der Waals surface area contributed by atoms with E-state index in [1.807, 2.05) is 56.3 Å². The minimum Gasteiger partial charge on any atom is -0.494 e. The molecule has 0 saturated heterocycles. The lowest BCUT2D eigenvalue weighted by atomic mass is 10.1. The fourth-order valence-electron chi connectivity index (χ4n) is 2.80. The molecule has 3 aromatic rings. The Hall–Kier alpha value is -3.08. The Kier molecular flexibility index (Phi) is 4.57. The molecule has 0 aliphatic heterocycles. The molecule has 5 heteroatoms. The average Bonchev–Trinajstić information content (AvgIpc) is 2.56. The lowest BCUT2D eigenvalue weighted by molar-refractivity contribution is -0.114. The number of carbonyl (C=O) groups is 1. The first-order chi connectivity index (χ1) is 12.0. The third-order valence-corrected chi connectivity index (χ3v) is 3.98. The maximum Gasteiger partial charge on any atom is 0.221 e. The zero-order valence-electron chi connectivity index (χ0n) is 14.8. The molecule has 1 amide bonds. The van der Waals surface area contributed by atoms with Crippen molar-refractivity contribution >= 4 is 33.9 Å². The SMILES string of the molecule is COc1cccc2c(Nc3cc(NC(C)=O)ccc3C)cc(C)nc12. The van der Waals surface area contributed by atoms with Crippen LogP contribution in [0.5, 0.6) is 5.75 Å². The van der Waals surface area contributed by atoms with Crippen LogP contribution in [0.3, 0.4) is 0 Å². The van der Waals surface area contributed by atoms with Gasteiger partial charge in [-0.3, -0.25) is 4.79 Å². The molecule has 128 valence electrons. The number of hydrogen-bond acceptors (Lipinski definition) is 4. The van der Waals surface area contributed by atoms with Crippen molar-refractivity contribution in [1.29, 1.82) is 0 Å². The predicted molar refractivity (Wildman–Crippen MR) is 102 cm³/mol. The smallest absolute Gasteiger partial charge is 0.221 e. The number of para-hydroxylation sites is 1. The number of fused-ring (bicyclic) bond motifs is 1. The monoisotopic (exact) mass is 335 g/mol. The van der Waals surface area contributed by atoms with Crippen molar-refractivity contribution in [2.75, 3.05) is 17.7 Å². The standard InChI is InChI=1S/C20H21N3O2/c1-12-8-9-15(22-14(3)24)11-17(12)23-18-10-13(2)21-20-16(18)6-5-7-19(20)25-4/h5-11H,1-4H3,(H,21,23)(H,22,24). The number of methoxy groups -OCH3 is 1. The highest BCUT2D eigenvalue weighted by molar-refractivity contribution is 5.97. The first kappa shape index (κ1) is 16.8. The number of rotatable bonds is 4. The molecule has 0 aliphatic rings. The van der Waals surface area contributed by atoms with Crippen molar-refractivity contribution in [3.05, 3.63) is 53.7 Å². The van der Waals surface area contributed by atoms with E-state index in [1.54, 1.807) is 7.11 Å². The average molecular weight is 335 g/mol. The van der Waals surface area contributed by atoms with Gasteiger partial charge in [0.15, 0.2) is 0 Å². The second kappa shape index (κ2) is 6.81. The van der Waals surface area contributed by atoms with Gasteiger partial charge in [-0.2, -0.15) is 0 Å². The summed E-state index contributed by atoms with van der Waals surface area (Å²) in [4.78, 5) is 15.9. The molecule has 0 atom stereocenters. The minimum absolute atomic E-state index is 0.0928. The summed E-state index contributed by atoms with van der Waals surface area (Å²) in [7, 11) is 1.65. The number of carbonyl (C=O) groups excluding carboxylic acids is 1. The molecule has 0 aliphatic carbocycles. The minimum atomic E-state index is -0.0928. The number of anilines is 3. The zero-order valence-corrected chi connectivity index (χ0v) is 14.8. The molecule has 2 aromatic carbocycles. The van der Waals surface area contributed by atoms with Crippen LogP contribution in [0.15, 0.2) is 42.5 Å². The van der Waals surface area contributed by atoms with Gasteiger partial charge in [-0.1, -0.05) is 18.2 Å². The maximum absolute atomic E-state index is 11.3. The molecule has 0 fully saturated rings. The van der Waals surface area contributed by atoms with E-state index in [1.165, 1.54) is 6.92 Å². The summed E-state index contributed by atoms with van der Waals surface area (Å²) in [5, 5.41) is 7.27. The summed E-state index contributed by atoms with van der Waals surface area (Å²) < 4.78 is 5.44. The molecule has 1 aromatic heterocycles. The predicted octanol–water partition coefficient (Wildman–Crippen LogP) is 4.56. The summed E-state index contributed by atoms with van der Waals surface area (Å²) in [6.07, 6.45) is 0. The quantitative estimate of drug-likeness (QED) is 0.733. The molecule has 3 rings (SSSR count). The Morgan fingerprint density at radius 1 is 1.08 bits per heavy atom. The number of nitrogens with one attached hydrogen (secondary N) is 2. The normalized spacial score (nSPS) is 10.6. The van der Waals surface area contributed by atoms with Crippen LogP contribution in [0.4, 0.5) is 17.1 Å². The Labute approximate surface area is 147 Å². The van der Waals surface area contributed by atoms with E-state index in [0.29, 0.717) is 0 Å². The van der Waals surface area contributed by atoms with Gasteiger partial charge in [-0.25, -0.2) is 4.98 Å². The van der Waals surface area contributed by atoms with Crippen molar-refractivity contribution in [1.82, 2.24) is 4.98 Å². The van der Waals surface area contributed by atoms with Crippen molar-refractivity contribution < 1.29 is 9.53 Å². The van der Waals surface area contributed by atoms with Crippen LogP contribution in [-0.2, 0) is 4.79 Å². The van der Waals surface area contributed by atoms with Crippen LogP contribution in [0, 0.1) is 13.8 Å². The number of nitrogens with zero attached hydrogens (tertiary/aromatic N) is 1. The van der Waals surface area contributed by atoms with E-state index >= 15 is 0 Å². The lowest BCUT2D eigenvalue weighted by Gasteiger charge is -2.15. The zero-order chi connectivity index (χ0) is 18.0. The highest BCUT2D eigenvalue weighted by Gasteiger charge is 2.10. The van der Waals surface area contributed by atoms with Crippen molar-refractivity contribution in [2.24, 2.45) is 0 Å². The highest BCUT2D eigenvalue weighted by atomic mass is 16.5. The molecule has 2 N–H and O–H groups in total. The second-order valence-electron chi connectivity index (χ2n) is 6.00.